The molecule has 2 heterocycles. The number of fused-ring (bicyclic) bond motifs is 1. The monoisotopic (exact) mass is 355 g/mol. The van der Waals surface area contributed by atoms with Crippen LogP contribution in [0.1, 0.15) is 6.92 Å². The molecule has 1 aliphatic heterocycles. The second-order valence-electron chi connectivity index (χ2n) is 2.80. The second kappa shape index (κ2) is 3.61. The molecule has 0 spiro atoms. The van der Waals surface area contributed by atoms with Gasteiger partial charge in [0, 0.05) is 6.07 Å². The van der Waals surface area contributed by atoms with E-state index in [2.05, 4.69) is 43.5 Å². The molecule has 0 saturated carbocycles. The van der Waals surface area contributed by atoms with Crippen LogP contribution in [-0.4, -0.2) is 17.7 Å². The van der Waals surface area contributed by atoms with Gasteiger partial charge in [-0.05, 0) is 45.4 Å². The highest BCUT2D eigenvalue weighted by molar-refractivity contribution is 14.1. The van der Waals surface area contributed by atoms with Crippen molar-refractivity contribution in [3.8, 4) is 11.5 Å². The molecule has 0 N–H and O–H groups in total. The van der Waals surface area contributed by atoms with Gasteiger partial charge in [-0.1, -0.05) is 0 Å². The Morgan fingerprint density at radius 3 is 3.23 bits per heavy atom. The van der Waals surface area contributed by atoms with Gasteiger partial charge < -0.3 is 9.47 Å². The van der Waals surface area contributed by atoms with Crippen LogP contribution >= 0.6 is 38.5 Å². The topological polar surface area (TPSA) is 31.4 Å². The molecule has 0 bridgehead atoms. The van der Waals surface area contributed by atoms with Crippen LogP contribution in [0.15, 0.2) is 10.7 Å². The summed E-state index contributed by atoms with van der Waals surface area (Å²) in [7, 11) is 0. The molecule has 5 heteroatoms. The van der Waals surface area contributed by atoms with Crippen molar-refractivity contribution >= 4 is 38.5 Å². The molecule has 0 aromatic carbocycles. The minimum atomic E-state index is 0.109. The summed E-state index contributed by atoms with van der Waals surface area (Å²) in [4.78, 5) is 4.21. The molecule has 0 amide bonds. The molecular weight excluding hydrogens is 349 g/mol. The summed E-state index contributed by atoms with van der Waals surface area (Å²) < 4.78 is 12.7. The summed E-state index contributed by atoms with van der Waals surface area (Å²) in [6.45, 7) is 2.55. The lowest BCUT2D eigenvalue weighted by Gasteiger charge is -2.24. The van der Waals surface area contributed by atoms with Gasteiger partial charge in [0.25, 0.3) is 0 Å². The van der Waals surface area contributed by atoms with E-state index in [0.717, 1.165) is 9.45 Å². The van der Waals surface area contributed by atoms with E-state index in [1.54, 1.807) is 0 Å². The zero-order chi connectivity index (χ0) is 9.42. The molecule has 2 rings (SSSR count). The summed E-state index contributed by atoms with van der Waals surface area (Å²) in [5, 5.41) is 0. The van der Waals surface area contributed by atoms with Crippen molar-refractivity contribution in [2.24, 2.45) is 0 Å². The van der Waals surface area contributed by atoms with Crippen molar-refractivity contribution in [3.63, 3.8) is 0 Å². The van der Waals surface area contributed by atoms with Gasteiger partial charge in [0.1, 0.15) is 16.4 Å². The molecule has 3 nitrogen and oxygen atoms in total. The third-order valence-corrected chi connectivity index (χ3v) is 2.75. The highest BCUT2D eigenvalue weighted by Crippen LogP contribution is 2.37. The van der Waals surface area contributed by atoms with Crippen molar-refractivity contribution in [1.82, 2.24) is 4.98 Å². The lowest BCUT2D eigenvalue weighted by atomic mass is 10.3. The van der Waals surface area contributed by atoms with E-state index in [1.165, 1.54) is 0 Å². The molecule has 0 saturated heterocycles. The van der Waals surface area contributed by atoms with Gasteiger partial charge in [0.05, 0.1) is 0 Å². The molecule has 0 radical (unpaired) electrons. The van der Waals surface area contributed by atoms with Crippen LogP contribution in [-0.2, 0) is 0 Å². The zero-order valence-corrected chi connectivity index (χ0v) is 10.6. The van der Waals surface area contributed by atoms with Crippen molar-refractivity contribution in [2.75, 3.05) is 6.61 Å². The Morgan fingerprint density at radius 2 is 2.46 bits per heavy atom. The van der Waals surface area contributed by atoms with Gasteiger partial charge >= 0.3 is 0 Å². The number of hydrogen-bond acceptors (Lipinski definition) is 3. The van der Waals surface area contributed by atoms with Gasteiger partial charge in [0.15, 0.2) is 16.1 Å². The normalized spacial score (nSPS) is 20.1. The van der Waals surface area contributed by atoms with Crippen LogP contribution in [0.5, 0.6) is 11.5 Å². The van der Waals surface area contributed by atoms with Crippen LogP contribution in [0.2, 0.25) is 0 Å². The van der Waals surface area contributed by atoms with E-state index in [0.29, 0.717) is 17.0 Å². The predicted molar refractivity (Wildman–Crippen MR) is 60.2 cm³/mol. The number of rotatable bonds is 0. The Balaban J connectivity index is 2.47. The molecule has 70 valence electrons. The number of hydrogen-bond donors (Lipinski definition) is 0. The highest BCUT2D eigenvalue weighted by atomic mass is 127. The van der Waals surface area contributed by atoms with E-state index in [9.17, 15) is 0 Å². The maximum Gasteiger partial charge on any atom is 0.194 e. The van der Waals surface area contributed by atoms with Crippen molar-refractivity contribution in [1.29, 1.82) is 0 Å². The second-order valence-corrected chi connectivity index (χ2v) is 4.66. The van der Waals surface area contributed by atoms with Crippen LogP contribution in [0.3, 0.4) is 0 Å². The first-order chi connectivity index (χ1) is 6.16. The molecule has 1 unspecified atom stereocenters. The fraction of sp³-hybridized carbons (Fsp3) is 0.375. The van der Waals surface area contributed by atoms with Gasteiger partial charge in [0.2, 0.25) is 0 Å². The maximum atomic E-state index is 5.59. The van der Waals surface area contributed by atoms with Crippen LogP contribution < -0.4 is 9.47 Å². The maximum absolute atomic E-state index is 5.59. The van der Waals surface area contributed by atoms with E-state index in [1.807, 2.05) is 13.0 Å². The van der Waals surface area contributed by atoms with E-state index in [4.69, 9.17) is 9.47 Å². The zero-order valence-electron chi connectivity index (χ0n) is 6.88. The van der Waals surface area contributed by atoms with Crippen molar-refractivity contribution in [3.05, 3.63) is 14.4 Å². The van der Waals surface area contributed by atoms with Crippen LogP contribution in [0.4, 0.5) is 0 Å². The first kappa shape index (κ1) is 9.51. The number of pyridine rings is 1. The summed E-state index contributed by atoms with van der Waals surface area (Å²) in [6, 6.07) is 1.87. The molecular formula is C8H7BrINO2. The van der Waals surface area contributed by atoms with E-state index < -0.39 is 0 Å². The van der Waals surface area contributed by atoms with Gasteiger partial charge in [-0.25, -0.2) is 4.98 Å². The molecule has 1 aromatic heterocycles. The highest BCUT2D eigenvalue weighted by Gasteiger charge is 2.21. The number of halogens is 2. The minimum absolute atomic E-state index is 0.109. The molecule has 0 aliphatic carbocycles. The van der Waals surface area contributed by atoms with Gasteiger partial charge in [-0.2, -0.15) is 0 Å². The van der Waals surface area contributed by atoms with E-state index in [-0.39, 0.29) is 6.10 Å². The Kier molecular flexibility index (Phi) is 2.64. The van der Waals surface area contributed by atoms with E-state index >= 15 is 0 Å². The molecule has 13 heavy (non-hydrogen) atoms. The predicted octanol–water partition coefficient (Wildman–Crippen LogP) is 2.61. The fourth-order valence-corrected chi connectivity index (χ4v) is 2.48. The summed E-state index contributed by atoms with van der Waals surface area (Å²) in [6.07, 6.45) is 0.109. The smallest absolute Gasteiger partial charge is 0.194 e. The Hall–Kier alpha value is -0.0400. The Morgan fingerprint density at radius 1 is 1.69 bits per heavy atom. The number of ether oxygens (including phenoxy) is 2. The van der Waals surface area contributed by atoms with Crippen molar-refractivity contribution in [2.45, 2.75) is 13.0 Å². The average Bonchev–Trinajstić information content (AvgIpc) is 2.02. The first-order valence-corrected chi connectivity index (χ1v) is 5.69. The Bertz CT molecular complexity index is 345. The SMILES string of the molecule is CC1COc2c(cc(I)nc2Br)O1. The first-order valence-electron chi connectivity index (χ1n) is 3.82. The summed E-state index contributed by atoms with van der Waals surface area (Å²) >= 11 is 5.47. The molecule has 1 aromatic rings. The Labute approximate surface area is 98.1 Å². The van der Waals surface area contributed by atoms with Crippen molar-refractivity contribution < 1.29 is 9.47 Å². The molecule has 0 fully saturated rings. The quantitative estimate of drug-likeness (QED) is 0.529. The van der Waals surface area contributed by atoms with Crippen LogP contribution in [0.25, 0.3) is 0 Å². The standard InChI is InChI=1S/C8H7BrINO2/c1-4-3-12-7-5(13-4)2-6(10)11-8(7)9/h2,4H,3H2,1H3. The third kappa shape index (κ3) is 1.90. The molecule has 1 aliphatic rings. The lowest BCUT2D eigenvalue weighted by Crippen LogP contribution is -2.26. The number of nitrogens with zero attached hydrogens (tertiary/aromatic N) is 1. The third-order valence-electron chi connectivity index (χ3n) is 1.66. The largest absolute Gasteiger partial charge is 0.483 e. The lowest BCUT2D eigenvalue weighted by molar-refractivity contribution is 0.102. The van der Waals surface area contributed by atoms with Crippen LogP contribution in [0, 0.1) is 3.70 Å². The van der Waals surface area contributed by atoms with Gasteiger partial charge in [-0.15, -0.1) is 0 Å². The molecule has 1 atom stereocenters. The minimum Gasteiger partial charge on any atom is -0.483 e. The number of aromatic nitrogens is 1. The fourth-order valence-electron chi connectivity index (χ4n) is 1.12. The summed E-state index contributed by atoms with van der Waals surface area (Å²) in [5.74, 6) is 1.48. The average molecular weight is 356 g/mol. The summed E-state index contributed by atoms with van der Waals surface area (Å²) in [5.41, 5.74) is 0. The van der Waals surface area contributed by atoms with Gasteiger partial charge in [-0.3, -0.25) is 0 Å².